The molecule has 0 amide bonds. The fourth-order valence-electron chi connectivity index (χ4n) is 1.02. The molecule has 0 radical (unpaired) electrons. The quantitative estimate of drug-likeness (QED) is 0.590. The standard InChI is InChI=1S/C10H13NOS/c1-2-13-9-5-3-8(4-6-9)10(12)7-11/h3-6H,2,7,11H2,1H3. The lowest BCUT2D eigenvalue weighted by atomic mass is 10.1. The van der Waals surface area contributed by atoms with Crippen molar-refractivity contribution in [1.82, 2.24) is 0 Å². The van der Waals surface area contributed by atoms with Crippen molar-refractivity contribution in [1.29, 1.82) is 0 Å². The number of hydrogen-bond donors (Lipinski definition) is 1. The van der Waals surface area contributed by atoms with E-state index in [0.717, 1.165) is 5.75 Å². The van der Waals surface area contributed by atoms with Gasteiger partial charge >= 0.3 is 0 Å². The smallest absolute Gasteiger partial charge is 0.176 e. The van der Waals surface area contributed by atoms with Crippen LogP contribution < -0.4 is 5.73 Å². The van der Waals surface area contributed by atoms with Gasteiger partial charge in [-0.2, -0.15) is 0 Å². The van der Waals surface area contributed by atoms with Crippen LogP contribution in [-0.2, 0) is 0 Å². The second-order valence-corrected chi connectivity index (χ2v) is 3.92. The fourth-order valence-corrected chi connectivity index (χ4v) is 1.68. The zero-order valence-corrected chi connectivity index (χ0v) is 8.43. The van der Waals surface area contributed by atoms with Crippen molar-refractivity contribution in [2.24, 2.45) is 5.73 Å². The van der Waals surface area contributed by atoms with E-state index in [4.69, 9.17) is 5.73 Å². The van der Waals surface area contributed by atoms with Gasteiger partial charge in [-0.1, -0.05) is 19.1 Å². The lowest BCUT2D eigenvalue weighted by Gasteiger charge is -2.00. The molecular formula is C10H13NOS. The molecule has 0 saturated carbocycles. The Hall–Kier alpha value is -0.800. The minimum atomic E-state index is -0.00644. The van der Waals surface area contributed by atoms with Crippen LogP contribution in [0.2, 0.25) is 0 Å². The third-order valence-corrected chi connectivity index (χ3v) is 2.57. The molecule has 0 atom stereocenters. The Balaban J connectivity index is 2.75. The highest BCUT2D eigenvalue weighted by Gasteiger charge is 2.01. The second kappa shape index (κ2) is 5.04. The van der Waals surface area contributed by atoms with Crippen LogP contribution in [0.5, 0.6) is 0 Å². The van der Waals surface area contributed by atoms with Crippen LogP contribution in [0.3, 0.4) is 0 Å². The van der Waals surface area contributed by atoms with E-state index in [0.29, 0.717) is 5.56 Å². The van der Waals surface area contributed by atoms with Crippen LogP contribution in [0.4, 0.5) is 0 Å². The predicted molar refractivity (Wildman–Crippen MR) is 56.2 cm³/mol. The lowest BCUT2D eigenvalue weighted by Crippen LogP contribution is -2.13. The van der Waals surface area contributed by atoms with Gasteiger partial charge in [-0.3, -0.25) is 4.79 Å². The van der Waals surface area contributed by atoms with Gasteiger partial charge in [0, 0.05) is 10.5 Å². The maximum absolute atomic E-state index is 11.2. The number of carbonyl (C=O) groups is 1. The van der Waals surface area contributed by atoms with Crippen molar-refractivity contribution < 1.29 is 4.79 Å². The van der Waals surface area contributed by atoms with E-state index in [9.17, 15) is 4.79 Å². The minimum absolute atomic E-state index is 0.00644. The highest BCUT2D eigenvalue weighted by atomic mass is 32.2. The molecule has 2 N–H and O–H groups in total. The van der Waals surface area contributed by atoms with E-state index in [-0.39, 0.29) is 12.3 Å². The van der Waals surface area contributed by atoms with E-state index in [1.807, 2.05) is 24.3 Å². The number of carbonyl (C=O) groups excluding carboxylic acids is 1. The number of nitrogens with two attached hydrogens (primary N) is 1. The molecule has 1 aromatic rings. The summed E-state index contributed by atoms with van der Waals surface area (Å²) < 4.78 is 0. The first kappa shape index (κ1) is 10.3. The third-order valence-electron chi connectivity index (χ3n) is 1.67. The van der Waals surface area contributed by atoms with Gasteiger partial charge in [-0.05, 0) is 17.9 Å². The summed E-state index contributed by atoms with van der Waals surface area (Å²) in [7, 11) is 0. The van der Waals surface area contributed by atoms with Crippen molar-refractivity contribution >= 4 is 17.5 Å². The van der Waals surface area contributed by atoms with Crippen LogP contribution in [0, 0.1) is 0 Å². The van der Waals surface area contributed by atoms with Gasteiger partial charge in [-0.15, -0.1) is 11.8 Å². The largest absolute Gasteiger partial charge is 0.324 e. The summed E-state index contributed by atoms with van der Waals surface area (Å²) in [5.74, 6) is 1.04. The summed E-state index contributed by atoms with van der Waals surface area (Å²) in [5.41, 5.74) is 5.94. The second-order valence-electron chi connectivity index (χ2n) is 2.58. The molecule has 0 heterocycles. The van der Waals surface area contributed by atoms with Crippen molar-refractivity contribution in [2.75, 3.05) is 12.3 Å². The molecule has 0 bridgehead atoms. The van der Waals surface area contributed by atoms with Gasteiger partial charge < -0.3 is 5.73 Å². The SMILES string of the molecule is CCSc1ccc(C(=O)CN)cc1. The Bertz CT molecular complexity index is 281. The highest BCUT2D eigenvalue weighted by molar-refractivity contribution is 7.99. The molecule has 0 unspecified atom stereocenters. The molecule has 0 aromatic heterocycles. The van der Waals surface area contributed by atoms with Gasteiger partial charge in [-0.25, -0.2) is 0 Å². The molecule has 0 fully saturated rings. The van der Waals surface area contributed by atoms with Crippen LogP contribution >= 0.6 is 11.8 Å². The van der Waals surface area contributed by atoms with Crippen LogP contribution in [0.25, 0.3) is 0 Å². The van der Waals surface area contributed by atoms with Crippen molar-refractivity contribution in [3.05, 3.63) is 29.8 Å². The molecule has 1 rings (SSSR count). The average molecular weight is 195 g/mol. The fraction of sp³-hybridized carbons (Fsp3) is 0.300. The first-order chi connectivity index (χ1) is 6.27. The van der Waals surface area contributed by atoms with E-state index in [1.165, 1.54) is 4.90 Å². The van der Waals surface area contributed by atoms with Gasteiger partial charge in [0.2, 0.25) is 0 Å². The third kappa shape index (κ3) is 2.86. The van der Waals surface area contributed by atoms with Crippen LogP contribution in [-0.4, -0.2) is 18.1 Å². The van der Waals surface area contributed by atoms with Crippen molar-refractivity contribution in [3.63, 3.8) is 0 Å². The van der Waals surface area contributed by atoms with E-state index < -0.39 is 0 Å². The Kier molecular flexibility index (Phi) is 3.99. The monoisotopic (exact) mass is 195 g/mol. The van der Waals surface area contributed by atoms with E-state index in [1.54, 1.807) is 11.8 Å². The van der Waals surface area contributed by atoms with E-state index in [2.05, 4.69) is 6.92 Å². The number of ketones is 1. The zero-order valence-electron chi connectivity index (χ0n) is 7.62. The molecule has 0 saturated heterocycles. The Morgan fingerprint density at radius 1 is 1.38 bits per heavy atom. The van der Waals surface area contributed by atoms with Crippen molar-refractivity contribution in [2.45, 2.75) is 11.8 Å². The maximum atomic E-state index is 11.2. The van der Waals surface area contributed by atoms with Crippen LogP contribution in [0.15, 0.2) is 29.2 Å². The summed E-state index contributed by atoms with van der Waals surface area (Å²) in [5, 5.41) is 0. The molecule has 70 valence electrons. The van der Waals surface area contributed by atoms with Gasteiger partial charge in [0.05, 0.1) is 6.54 Å². The molecule has 2 nitrogen and oxygen atoms in total. The predicted octanol–water partition coefficient (Wildman–Crippen LogP) is 1.94. The average Bonchev–Trinajstić information content (AvgIpc) is 2.18. The summed E-state index contributed by atoms with van der Waals surface area (Å²) in [6.45, 7) is 2.18. The number of hydrogen-bond acceptors (Lipinski definition) is 3. The lowest BCUT2D eigenvalue weighted by molar-refractivity contribution is 0.100. The normalized spacial score (nSPS) is 10.0. The number of rotatable bonds is 4. The van der Waals surface area contributed by atoms with Gasteiger partial charge in [0.1, 0.15) is 0 Å². The molecule has 0 aliphatic rings. The molecule has 1 aromatic carbocycles. The Labute approximate surface area is 82.5 Å². The van der Waals surface area contributed by atoms with Gasteiger partial charge in [0.15, 0.2) is 5.78 Å². The summed E-state index contributed by atoms with van der Waals surface area (Å²) in [4.78, 5) is 12.3. The maximum Gasteiger partial charge on any atom is 0.176 e. The minimum Gasteiger partial charge on any atom is -0.324 e. The first-order valence-corrected chi connectivity index (χ1v) is 5.22. The molecule has 0 spiro atoms. The number of benzene rings is 1. The molecule has 13 heavy (non-hydrogen) atoms. The molecule has 0 aliphatic carbocycles. The first-order valence-electron chi connectivity index (χ1n) is 4.24. The molecular weight excluding hydrogens is 182 g/mol. The summed E-state index contributed by atoms with van der Waals surface area (Å²) in [6.07, 6.45) is 0. The Morgan fingerprint density at radius 2 is 2.00 bits per heavy atom. The van der Waals surface area contributed by atoms with Gasteiger partial charge in [0.25, 0.3) is 0 Å². The molecule has 3 heteroatoms. The molecule has 0 aliphatic heterocycles. The summed E-state index contributed by atoms with van der Waals surface area (Å²) >= 11 is 1.76. The van der Waals surface area contributed by atoms with E-state index >= 15 is 0 Å². The Morgan fingerprint density at radius 3 is 2.46 bits per heavy atom. The zero-order chi connectivity index (χ0) is 9.68. The highest BCUT2D eigenvalue weighted by Crippen LogP contribution is 2.17. The number of Topliss-reactive ketones (excluding diaryl/α,β-unsaturated/α-hetero) is 1. The van der Waals surface area contributed by atoms with Crippen LogP contribution in [0.1, 0.15) is 17.3 Å². The van der Waals surface area contributed by atoms with Crippen molar-refractivity contribution in [3.8, 4) is 0 Å². The number of thioether (sulfide) groups is 1. The topological polar surface area (TPSA) is 43.1 Å². The summed E-state index contributed by atoms with van der Waals surface area (Å²) in [6, 6.07) is 7.56.